The molecule has 0 aromatic heterocycles. The van der Waals surface area contributed by atoms with Crippen LogP contribution in [0.3, 0.4) is 0 Å². The van der Waals surface area contributed by atoms with E-state index >= 15 is 0 Å². The molecule has 1 atom stereocenters. The molecule has 1 aliphatic rings. The third kappa shape index (κ3) is 6.99. The smallest absolute Gasteiger partial charge is 0.454 e. The molecule has 33 heavy (non-hydrogen) atoms. The standard InChI is InChI=1S/C25H29F3N2O3/c1-32-21-8-3-18(4-9-21)13-15-29-23-12-7-20(24(31)25(26,27)28)17-30(23)16-14-19-5-10-22(33-2)11-6-19/h3-6,8-11,17,23,29H,7,12-16H2,1-2H3. The highest BCUT2D eigenvalue weighted by Gasteiger charge is 2.41. The molecular formula is C25H29F3N2O3. The Bertz CT molecular complexity index is 941. The van der Waals surface area contributed by atoms with E-state index in [1.54, 1.807) is 14.2 Å². The summed E-state index contributed by atoms with van der Waals surface area (Å²) in [5, 5.41) is 3.44. The Balaban J connectivity index is 1.65. The third-order valence-electron chi connectivity index (χ3n) is 5.73. The fraction of sp³-hybridized carbons (Fsp3) is 0.400. The number of nitrogens with zero attached hydrogens (tertiary/aromatic N) is 1. The van der Waals surface area contributed by atoms with Crippen molar-refractivity contribution in [1.82, 2.24) is 10.2 Å². The molecule has 0 amide bonds. The van der Waals surface area contributed by atoms with Crippen LogP contribution in [0.4, 0.5) is 13.2 Å². The monoisotopic (exact) mass is 462 g/mol. The Labute approximate surface area is 192 Å². The molecule has 8 heteroatoms. The van der Waals surface area contributed by atoms with Gasteiger partial charge in [-0.25, -0.2) is 0 Å². The van der Waals surface area contributed by atoms with E-state index in [9.17, 15) is 18.0 Å². The minimum Gasteiger partial charge on any atom is -0.497 e. The normalized spacial score (nSPS) is 16.3. The van der Waals surface area contributed by atoms with Crippen molar-refractivity contribution in [2.75, 3.05) is 27.3 Å². The van der Waals surface area contributed by atoms with Gasteiger partial charge >= 0.3 is 6.18 Å². The van der Waals surface area contributed by atoms with Gasteiger partial charge in [-0.05, 0) is 61.1 Å². The number of ketones is 1. The SMILES string of the molecule is COc1ccc(CCNC2CCC(C(=O)C(F)(F)F)=CN2CCc2ccc(OC)cc2)cc1. The molecule has 178 valence electrons. The molecule has 2 aromatic carbocycles. The topological polar surface area (TPSA) is 50.8 Å². The first kappa shape index (κ1) is 24.6. The zero-order chi connectivity index (χ0) is 23.8. The van der Waals surface area contributed by atoms with Gasteiger partial charge < -0.3 is 14.4 Å². The maximum atomic E-state index is 13.0. The highest BCUT2D eigenvalue weighted by molar-refractivity contribution is 5.99. The summed E-state index contributed by atoms with van der Waals surface area (Å²) in [7, 11) is 3.21. The number of benzene rings is 2. The fourth-order valence-electron chi connectivity index (χ4n) is 3.83. The van der Waals surface area contributed by atoms with Crippen LogP contribution in [0.25, 0.3) is 0 Å². The van der Waals surface area contributed by atoms with Crippen LogP contribution in [0, 0.1) is 0 Å². The number of carbonyl (C=O) groups excluding carboxylic acids is 1. The minimum atomic E-state index is -4.86. The number of hydrogen-bond acceptors (Lipinski definition) is 5. The van der Waals surface area contributed by atoms with E-state index in [1.807, 2.05) is 53.4 Å². The predicted octanol–water partition coefficient (Wildman–Crippen LogP) is 4.52. The number of ether oxygens (including phenoxy) is 2. The molecule has 0 bridgehead atoms. The highest BCUT2D eigenvalue weighted by atomic mass is 19.4. The molecule has 0 spiro atoms. The molecule has 0 radical (unpaired) electrons. The summed E-state index contributed by atoms with van der Waals surface area (Å²) >= 11 is 0. The molecule has 2 aromatic rings. The van der Waals surface area contributed by atoms with Gasteiger partial charge in [0, 0.05) is 24.9 Å². The van der Waals surface area contributed by atoms with Crippen LogP contribution in [-0.4, -0.2) is 50.3 Å². The van der Waals surface area contributed by atoms with Gasteiger partial charge in [-0.15, -0.1) is 0 Å². The average Bonchev–Trinajstić information content (AvgIpc) is 2.83. The summed E-state index contributed by atoms with van der Waals surface area (Å²) in [6, 6.07) is 15.3. The van der Waals surface area contributed by atoms with E-state index in [0.29, 0.717) is 25.9 Å². The molecule has 1 unspecified atom stereocenters. The van der Waals surface area contributed by atoms with Gasteiger partial charge in [0.25, 0.3) is 5.78 Å². The molecule has 0 fully saturated rings. The molecule has 0 saturated carbocycles. The summed E-state index contributed by atoms with van der Waals surface area (Å²) in [4.78, 5) is 13.6. The maximum Gasteiger partial charge on any atom is 0.454 e. The molecule has 0 aliphatic carbocycles. The van der Waals surface area contributed by atoms with Gasteiger partial charge in [0.15, 0.2) is 0 Å². The first-order valence-corrected chi connectivity index (χ1v) is 10.9. The van der Waals surface area contributed by atoms with Crippen LogP contribution in [0.2, 0.25) is 0 Å². The fourth-order valence-corrected chi connectivity index (χ4v) is 3.83. The van der Waals surface area contributed by atoms with E-state index in [1.165, 1.54) is 6.20 Å². The Kier molecular flexibility index (Phi) is 8.38. The van der Waals surface area contributed by atoms with Crippen molar-refractivity contribution < 1.29 is 27.4 Å². The summed E-state index contributed by atoms with van der Waals surface area (Å²) in [6.45, 7) is 1.15. The lowest BCUT2D eigenvalue weighted by atomic mass is 10.00. The lowest BCUT2D eigenvalue weighted by Crippen LogP contribution is -2.47. The van der Waals surface area contributed by atoms with E-state index < -0.39 is 12.0 Å². The van der Waals surface area contributed by atoms with Crippen molar-refractivity contribution in [2.24, 2.45) is 0 Å². The van der Waals surface area contributed by atoms with E-state index in [-0.39, 0.29) is 18.2 Å². The second kappa shape index (κ2) is 11.2. The highest BCUT2D eigenvalue weighted by Crippen LogP contribution is 2.28. The van der Waals surface area contributed by atoms with Crippen LogP contribution in [0.5, 0.6) is 11.5 Å². The van der Waals surface area contributed by atoms with Crippen molar-refractivity contribution >= 4 is 5.78 Å². The second-order valence-electron chi connectivity index (χ2n) is 7.92. The lowest BCUT2D eigenvalue weighted by Gasteiger charge is -2.36. The van der Waals surface area contributed by atoms with E-state index in [4.69, 9.17) is 9.47 Å². The van der Waals surface area contributed by atoms with Gasteiger partial charge in [-0.2, -0.15) is 13.2 Å². The molecule has 1 heterocycles. The largest absolute Gasteiger partial charge is 0.497 e. The predicted molar refractivity (Wildman–Crippen MR) is 120 cm³/mol. The molecule has 3 rings (SSSR count). The Hall–Kier alpha value is -3.00. The molecule has 5 nitrogen and oxygen atoms in total. The molecule has 0 saturated heterocycles. The Morgan fingerprint density at radius 3 is 2.03 bits per heavy atom. The number of allylic oxidation sites excluding steroid dienone is 1. The van der Waals surface area contributed by atoms with Crippen LogP contribution in [0.15, 0.2) is 60.3 Å². The zero-order valence-corrected chi connectivity index (χ0v) is 18.8. The zero-order valence-electron chi connectivity index (χ0n) is 18.8. The number of halogens is 3. The average molecular weight is 463 g/mol. The number of rotatable bonds is 10. The van der Waals surface area contributed by atoms with Gasteiger partial charge in [0.2, 0.25) is 0 Å². The van der Waals surface area contributed by atoms with Gasteiger partial charge in [0.1, 0.15) is 11.5 Å². The van der Waals surface area contributed by atoms with Gasteiger partial charge in [-0.1, -0.05) is 24.3 Å². The van der Waals surface area contributed by atoms with Crippen molar-refractivity contribution in [3.63, 3.8) is 0 Å². The number of nitrogens with one attached hydrogen (secondary N) is 1. The van der Waals surface area contributed by atoms with E-state index in [2.05, 4.69) is 5.32 Å². The van der Waals surface area contributed by atoms with Crippen LogP contribution in [0.1, 0.15) is 24.0 Å². The number of alkyl halides is 3. The summed E-state index contributed by atoms with van der Waals surface area (Å²) in [6.07, 6.45) is -1.70. The van der Waals surface area contributed by atoms with E-state index in [0.717, 1.165) is 29.0 Å². The lowest BCUT2D eigenvalue weighted by molar-refractivity contribution is -0.167. The summed E-state index contributed by atoms with van der Waals surface area (Å²) in [5.41, 5.74) is 1.98. The van der Waals surface area contributed by atoms with Crippen molar-refractivity contribution in [2.45, 2.75) is 38.0 Å². The van der Waals surface area contributed by atoms with Crippen LogP contribution in [-0.2, 0) is 17.6 Å². The Morgan fingerprint density at radius 1 is 0.970 bits per heavy atom. The minimum absolute atomic E-state index is 0.0948. The third-order valence-corrected chi connectivity index (χ3v) is 5.73. The van der Waals surface area contributed by atoms with Crippen molar-refractivity contribution in [3.05, 3.63) is 71.4 Å². The number of carbonyl (C=O) groups is 1. The maximum absolute atomic E-state index is 13.0. The quantitative estimate of drug-likeness (QED) is 0.563. The second-order valence-corrected chi connectivity index (χ2v) is 7.92. The molecular weight excluding hydrogens is 433 g/mol. The van der Waals surface area contributed by atoms with Gasteiger partial charge in [0.05, 0.1) is 20.4 Å². The van der Waals surface area contributed by atoms with Gasteiger partial charge in [-0.3, -0.25) is 10.1 Å². The van der Waals surface area contributed by atoms with Crippen LogP contribution < -0.4 is 14.8 Å². The first-order valence-electron chi connectivity index (χ1n) is 10.9. The Morgan fingerprint density at radius 2 is 1.52 bits per heavy atom. The first-order chi connectivity index (χ1) is 15.8. The number of methoxy groups -OCH3 is 2. The molecule has 1 aliphatic heterocycles. The van der Waals surface area contributed by atoms with Crippen molar-refractivity contribution in [1.29, 1.82) is 0 Å². The number of Topliss-reactive ketones (excluding diaryl/α,β-unsaturated/α-hetero) is 1. The van der Waals surface area contributed by atoms with Crippen molar-refractivity contribution in [3.8, 4) is 11.5 Å². The molecule has 1 N–H and O–H groups in total. The van der Waals surface area contributed by atoms with Crippen LogP contribution >= 0.6 is 0 Å². The summed E-state index contributed by atoms with van der Waals surface area (Å²) in [5.74, 6) is -0.225. The summed E-state index contributed by atoms with van der Waals surface area (Å²) < 4.78 is 49.3. The number of hydrogen-bond donors (Lipinski definition) is 1.